The second-order valence-electron chi connectivity index (χ2n) is 7.86. The van der Waals surface area contributed by atoms with Gasteiger partial charge in [-0.3, -0.25) is 0 Å². The summed E-state index contributed by atoms with van der Waals surface area (Å²) in [6.45, 7) is 5.89. The minimum atomic E-state index is -3.34. The minimum absolute atomic E-state index is 0.0678. The monoisotopic (exact) mass is 435 g/mol. The maximum Gasteiger partial charge on any atom is 0.407 e. The van der Waals surface area contributed by atoms with E-state index in [0.717, 1.165) is 11.1 Å². The molecule has 0 heterocycles. The number of rotatable bonds is 8. The number of sulfone groups is 1. The van der Waals surface area contributed by atoms with Gasteiger partial charge in [0.25, 0.3) is 0 Å². The molecule has 0 aromatic heterocycles. The molecule has 0 unspecified atom stereocenters. The fourth-order valence-electron chi connectivity index (χ4n) is 2.72. The third-order valence-electron chi connectivity index (χ3n) is 4.03. The predicted octanol–water partition coefficient (Wildman–Crippen LogP) is 3.81. The highest BCUT2D eigenvalue weighted by molar-refractivity contribution is 7.90. The van der Waals surface area contributed by atoms with Crippen LogP contribution in [0.25, 0.3) is 11.1 Å². The zero-order chi connectivity index (χ0) is 22.4. The topological polar surface area (TPSA) is 90.9 Å². The molecule has 30 heavy (non-hydrogen) atoms. The Bertz CT molecular complexity index is 979. The number of carbonyl (C=O) groups is 1. The third-order valence-corrected chi connectivity index (χ3v) is 5.14. The van der Waals surface area contributed by atoms with E-state index in [4.69, 9.17) is 14.2 Å². The van der Waals surface area contributed by atoms with Crippen molar-refractivity contribution in [1.82, 2.24) is 5.32 Å². The zero-order valence-electron chi connectivity index (χ0n) is 18.0. The number of benzene rings is 2. The molecule has 0 saturated carbocycles. The van der Waals surface area contributed by atoms with Crippen molar-refractivity contribution in [3.05, 3.63) is 48.0 Å². The summed E-state index contributed by atoms with van der Waals surface area (Å²) in [5, 5.41) is 2.73. The normalized spacial score (nSPS) is 11.8. The van der Waals surface area contributed by atoms with Crippen molar-refractivity contribution in [2.45, 2.75) is 37.7 Å². The van der Waals surface area contributed by atoms with Crippen LogP contribution in [0.15, 0.2) is 47.4 Å². The summed E-state index contributed by atoms with van der Waals surface area (Å²) in [7, 11) is -1.81. The van der Waals surface area contributed by atoms with E-state index in [1.165, 1.54) is 13.4 Å². The van der Waals surface area contributed by atoms with Crippen molar-refractivity contribution in [2.24, 2.45) is 0 Å². The molecule has 0 saturated heterocycles. The van der Waals surface area contributed by atoms with Gasteiger partial charge in [-0.05, 0) is 62.6 Å². The Balaban J connectivity index is 2.24. The first-order valence-corrected chi connectivity index (χ1v) is 11.4. The summed E-state index contributed by atoms with van der Waals surface area (Å²) in [5.74, 6) is 0.575. The lowest BCUT2D eigenvalue weighted by Gasteiger charge is -2.19. The van der Waals surface area contributed by atoms with E-state index in [-0.39, 0.29) is 11.7 Å². The van der Waals surface area contributed by atoms with Crippen LogP contribution < -0.4 is 10.1 Å². The summed E-state index contributed by atoms with van der Waals surface area (Å²) in [4.78, 5) is 12.0. The average molecular weight is 436 g/mol. The zero-order valence-corrected chi connectivity index (χ0v) is 18.8. The van der Waals surface area contributed by atoms with Gasteiger partial charge in [-0.2, -0.15) is 0 Å². The van der Waals surface area contributed by atoms with Crippen LogP contribution >= 0.6 is 0 Å². The number of hydrogen-bond acceptors (Lipinski definition) is 6. The molecule has 0 spiro atoms. The molecule has 0 fully saturated rings. The molecule has 0 aliphatic heterocycles. The molecular formula is C22H29NO6S. The third kappa shape index (κ3) is 7.35. The van der Waals surface area contributed by atoms with Crippen LogP contribution in [0.5, 0.6) is 5.75 Å². The largest absolute Gasteiger partial charge is 0.467 e. The first kappa shape index (κ1) is 23.7. The molecule has 0 aliphatic rings. The van der Waals surface area contributed by atoms with Crippen molar-refractivity contribution < 1.29 is 27.4 Å². The SMILES string of the molecule is COCOc1ccc(CCNC(=O)OC(C)(C)C)cc1-c1cccc(S(C)(=O)=O)c1. The van der Waals surface area contributed by atoms with Gasteiger partial charge in [-0.1, -0.05) is 18.2 Å². The second kappa shape index (κ2) is 9.95. The Morgan fingerprint density at radius 1 is 1.10 bits per heavy atom. The molecule has 0 aliphatic carbocycles. The van der Waals surface area contributed by atoms with Gasteiger partial charge in [0.15, 0.2) is 16.6 Å². The number of amides is 1. The molecule has 1 amide bonds. The lowest BCUT2D eigenvalue weighted by Crippen LogP contribution is -2.33. The summed E-state index contributed by atoms with van der Waals surface area (Å²) in [6, 6.07) is 12.3. The lowest BCUT2D eigenvalue weighted by molar-refractivity contribution is 0.0513. The number of methoxy groups -OCH3 is 1. The van der Waals surface area contributed by atoms with E-state index in [1.54, 1.807) is 18.2 Å². The molecule has 0 radical (unpaired) electrons. The highest BCUT2D eigenvalue weighted by atomic mass is 32.2. The van der Waals surface area contributed by atoms with Crippen LogP contribution in [-0.4, -0.2) is 46.8 Å². The summed E-state index contributed by atoms with van der Waals surface area (Å²) >= 11 is 0. The number of carbonyl (C=O) groups excluding carboxylic acids is 1. The molecule has 164 valence electrons. The van der Waals surface area contributed by atoms with Gasteiger partial charge in [0.1, 0.15) is 11.4 Å². The summed E-state index contributed by atoms with van der Waals surface area (Å²) in [5.41, 5.74) is 1.86. The highest BCUT2D eigenvalue weighted by Crippen LogP contribution is 2.32. The molecule has 2 rings (SSSR count). The standard InChI is InChI=1S/C22H29NO6S/c1-22(2,3)29-21(24)23-12-11-16-9-10-20(28-15-27-4)19(13-16)17-7-6-8-18(14-17)30(5,25)26/h6-10,13-14H,11-12,15H2,1-5H3,(H,23,24). The van der Waals surface area contributed by atoms with E-state index in [1.807, 2.05) is 45.0 Å². The van der Waals surface area contributed by atoms with Crippen molar-refractivity contribution in [3.63, 3.8) is 0 Å². The Labute approximate surface area is 178 Å². The minimum Gasteiger partial charge on any atom is -0.467 e. The first-order valence-electron chi connectivity index (χ1n) is 9.51. The van der Waals surface area contributed by atoms with Crippen molar-refractivity contribution in [1.29, 1.82) is 0 Å². The fourth-order valence-corrected chi connectivity index (χ4v) is 3.39. The molecule has 2 aromatic rings. The van der Waals surface area contributed by atoms with Gasteiger partial charge in [0, 0.05) is 25.5 Å². The molecule has 0 bridgehead atoms. The average Bonchev–Trinajstić information content (AvgIpc) is 2.65. The van der Waals surface area contributed by atoms with Crippen LogP contribution in [-0.2, 0) is 25.7 Å². The van der Waals surface area contributed by atoms with Crippen LogP contribution in [0.2, 0.25) is 0 Å². The summed E-state index contributed by atoms with van der Waals surface area (Å²) < 4.78 is 39.8. The Hall–Kier alpha value is -2.58. The van der Waals surface area contributed by atoms with E-state index < -0.39 is 21.5 Å². The van der Waals surface area contributed by atoms with Crippen molar-refractivity contribution in [3.8, 4) is 16.9 Å². The molecule has 8 heteroatoms. The molecular weight excluding hydrogens is 406 g/mol. The van der Waals surface area contributed by atoms with Gasteiger partial charge in [-0.25, -0.2) is 13.2 Å². The van der Waals surface area contributed by atoms with Gasteiger partial charge in [0.05, 0.1) is 4.90 Å². The summed E-state index contributed by atoms with van der Waals surface area (Å²) in [6.07, 6.45) is 1.28. The number of hydrogen-bond donors (Lipinski definition) is 1. The number of nitrogens with one attached hydrogen (secondary N) is 1. The Kier molecular flexibility index (Phi) is 7.86. The Morgan fingerprint density at radius 3 is 2.47 bits per heavy atom. The predicted molar refractivity (Wildman–Crippen MR) is 115 cm³/mol. The van der Waals surface area contributed by atoms with Crippen LogP contribution in [0.1, 0.15) is 26.3 Å². The molecule has 7 nitrogen and oxygen atoms in total. The number of ether oxygens (including phenoxy) is 3. The maximum absolute atomic E-state index is 11.9. The van der Waals surface area contributed by atoms with Gasteiger partial charge in [0.2, 0.25) is 0 Å². The van der Waals surface area contributed by atoms with Gasteiger partial charge >= 0.3 is 6.09 Å². The highest BCUT2D eigenvalue weighted by Gasteiger charge is 2.16. The Morgan fingerprint density at radius 2 is 1.83 bits per heavy atom. The first-order chi connectivity index (χ1) is 14.0. The molecule has 1 N–H and O–H groups in total. The molecule has 0 atom stereocenters. The van der Waals surface area contributed by atoms with Crippen LogP contribution in [0.3, 0.4) is 0 Å². The van der Waals surface area contributed by atoms with Gasteiger partial charge < -0.3 is 19.5 Å². The van der Waals surface area contributed by atoms with E-state index >= 15 is 0 Å². The van der Waals surface area contributed by atoms with Crippen LogP contribution in [0.4, 0.5) is 4.79 Å². The second-order valence-corrected chi connectivity index (χ2v) is 9.88. The molecule has 2 aromatic carbocycles. The van der Waals surface area contributed by atoms with Crippen molar-refractivity contribution in [2.75, 3.05) is 26.7 Å². The smallest absolute Gasteiger partial charge is 0.407 e. The van der Waals surface area contributed by atoms with Gasteiger partial charge in [-0.15, -0.1) is 0 Å². The van der Waals surface area contributed by atoms with Crippen molar-refractivity contribution >= 4 is 15.9 Å². The van der Waals surface area contributed by atoms with E-state index in [9.17, 15) is 13.2 Å². The maximum atomic E-state index is 11.9. The van der Waals surface area contributed by atoms with E-state index in [2.05, 4.69) is 5.32 Å². The van der Waals surface area contributed by atoms with Crippen LogP contribution in [0, 0.1) is 0 Å². The lowest BCUT2D eigenvalue weighted by atomic mass is 10.0. The fraction of sp³-hybridized carbons (Fsp3) is 0.409. The van der Waals surface area contributed by atoms with E-state index in [0.29, 0.717) is 24.3 Å². The number of alkyl carbamates (subject to hydrolysis) is 1. The quantitative estimate of drug-likeness (QED) is 0.634.